The summed E-state index contributed by atoms with van der Waals surface area (Å²) in [6.07, 6.45) is 2.23. The SMILES string of the molecule is C=C(Br)C(C)=O.C=CC(C)=O.CC(=O)C(Br)CBr.CC(=O)c1cc2c(o1)C(=O)c1ccccc1C2=O.O=C1C=C(O)c2ccccc2C1=O. The zero-order valence-electron chi connectivity index (χ0n) is 26.8. The van der Waals surface area contributed by atoms with Crippen molar-refractivity contribution in [2.24, 2.45) is 0 Å². The Labute approximate surface area is 307 Å². The number of aliphatic hydroxyl groups excluding tert-OH is 1. The largest absolute Gasteiger partial charge is 0.507 e. The molecule has 10 nitrogen and oxygen atoms in total. The summed E-state index contributed by atoms with van der Waals surface area (Å²) in [7, 11) is 0. The van der Waals surface area contributed by atoms with Gasteiger partial charge < -0.3 is 9.52 Å². The zero-order valence-corrected chi connectivity index (χ0v) is 31.6. The second-order valence-corrected chi connectivity index (χ2v) is 12.6. The Morgan fingerprint density at radius 3 is 1.61 bits per heavy atom. The zero-order chi connectivity index (χ0) is 37.6. The summed E-state index contributed by atoms with van der Waals surface area (Å²) < 4.78 is 5.62. The molecule has 13 heteroatoms. The smallest absolute Gasteiger partial charge is 0.233 e. The van der Waals surface area contributed by atoms with Crippen LogP contribution in [-0.4, -0.2) is 61.5 Å². The second-order valence-electron chi connectivity index (χ2n) is 9.89. The van der Waals surface area contributed by atoms with E-state index in [9.17, 15) is 43.5 Å². The lowest BCUT2D eigenvalue weighted by Crippen LogP contribution is -2.18. The molecule has 2 aliphatic rings. The van der Waals surface area contributed by atoms with E-state index in [1.807, 2.05) is 0 Å². The number of rotatable bonds is 5. The molecule has 1 N–H and O–H groups in total. The first kappa shape index (κ1) is 42.6. The summed E-state index contributed by atoms with van der Waals surface area (Å²) >= 11 is 9.19. The maximum absolute atomic E-state index is 12.2. The third-order valence-corrected chi connectivity index (χ3v) is 9.17. The molecule has 2 aliphatic carbocycles. The number of carbonyl (C=O) groups excluding carboxylic acids is 8. The van der Waals surface area contributed by atoms with Crippen molar-refractivity contribution in [2.75, 3.05) is 5.33 Å². The number of fused-ring (bicyclic) bond motifs is 3. The Balaban J connectivity index is 0.000000339. The number of allylic oxidation sites excluding steroid dienone is 3. The van der Waals surface area contributed by atoms with Gasteiger partial charge in [0.05, 0.1) is 14.9 Å². The molecule has 0 radical (unpaired) electrons. The minimum Gasteiger partial charge on any atom is -0.507 e. The molecule has 1 atom stereocenters. The van der Waals surface area contributed by atoms with Gasteiger partial charge in [-0.3, -0.25) is 38.4 Å². The first-order valence-electron chi connectivity index (χ1n) is 14.0. The van der Waals surface area contributed by atoms with Gasteiger partial charge >= 0.3 is 0 Å². The van der Waals surface area contributed by atoms with Gasteiger partial charge in [-0.15, -0.1) is 0 Å². The lowest BCUT2D eigenvalue weighted by atomic mass is 9.88. The summed E-state index contributed by atoms with van der Waals surface area (Å²) in [6.45, 7) is 12.3. The van der Waals surface area contributed by atoms with Crippen molar-refractivity contribution in [3.8, 4) is 0 Å². The van der Waals surface area contributed by atoms with E-state index in [2.05, 4.69) is 60.9 Å². The Kier molecular flexibility index (Phi) is 17.5. The maximum atomic E-state index is 12.2. The summed E-state index contributed by atoms with van der Waals surface area (Å²) in [5.41, 5.74) is 1.54. The number of furan rings is 1. The predicted molar refractivity (Wildman–Crippen MR) is 195 cm³/mol. The summed E-state index contributed by atoms with van der Waals surface area (Å²) in [5, 5.41) is 10.0. The molecule has 0 bridgehead atoms. The number of hydrogen-bond donors (Lipinski definition) is 1. The van der Waals surface area contributed by atoms with Gasteiger partial charge in [-0.2, -0.15) is 0 Å². The van der Waals surface area contributed by atoms with Crippen molar-refractivity contribution >= 4 is 99.8 Å². The molecule has 0 saturated heterocycles. The fourth-order valence-corrected chi connectivity index (χ4v) is 3.92. The van der Waals surface area contributed by atoms with Gasteiger partial charge in [0.25, 0.3) is 0 Å². The highest BCUT2D eigenvalue weighted by Gasteiger charge is 2.34. The first-order chi connectivity index (χ1) is 22.9. The van der Waals surface area contributed by atoms with Crippen molar-refractivity contribution in [1.82, 2.24) is 0 Å². The molecule has 0 fully saturated rings. The third-order valence-electron chi connectivity index (χ3n) is 6.13. The minimum atomic E-state index is -0.670. The molecular weight excluding hydrogens is 832 g/mol. The predicted octanol–water partition coefficient (Wildman–Crippen LogP) is 7.59. The molecule has 5 rings (SSSR count). The number of Topliss-reactive ketones (excluding diaryl/α,β-unsaturated/α-hetero) is 4. The van der Waals surface area contributed by atoms with E-state index < -0.39 is 11.6 Å². The third kappa shape index (κ3) is 12.5. The molecule has 3 aromatic rings. The van der Waals surface area contributed by atoms with E-state index >= 15 is 0 Å². The van der Waals surface area contributed by atoms with Gasteiger partial charge in [-0.1, -0.05) is 93.5 Å². The Morgan fingerprint density at radius 1 is 0.816 bits per heavy atom. The van der Waals surface area contributed by atoms with Crippen LogP contribution in [0.4, 0.5) is 0 Å². The van der Waals surface area contributed by atoms with E-state index in [1.165, 1.54) is 39.0 Å². The topological polar surface area (TPSA) is 170 Å². The van der Waals surface area contributed by atoms with E-state index in [1.54, 1.807) is 49.4 Å². The van der Waals surface area contributed by atoms with E-state index in [-0.39, 0.29) is 67.9 Å². The number of hydrogen-bond acceptors (Lipinski definition) is 10. The summed E-state index contributed by atoms with van der Waals surface area (Å²) in [4.78, 5) is 87.8. The average Bonchev–Trinajstić information content (AvgIpc) is 3.54. The monoisotopic (exact) mass is 860 g/mol. The molecule has 1 unspecified atom stereocenters. The van der Waals surface area contributed by atoms with Gasteiger partial charge in [0.1, 0.15) is 11.5 Å². The highest BCUT2D eigenvalue weighted by Crippen LogP contribution is 2.29. The second kappa shape index (κ2) is 20.1. The van der Waals surface area contributed by atoms with Crippen LogP contribution in [0.25, 0.3) is 5.76 Å². The summed E-state index contributed by atoms with van der Waals surface area (Å²) in [6, 6.07) is 14.4. The molecule has 0 saturated carbocycles. The Morgan fingerprint density at radius 2 is 1.24 bits per heavy atom. The number of alkyl halides is 2. The van der Waals surface area contributed by atoms with Gasteiger partial charge in [-0.05, 0) is 48.8 Å². The van der Waals surface area contributed by atoms with Crippen LogP contribution in [-0.2, 0) is 19.2 Å². The van der Waals surface area contributed by atoms with E-state index in [0.29, 0.717) is 26.5 Å². The van der Waals surface area contributed by atoms with Crippen molar-refractivity contribution in [2.45, 2.75) is 32.5 Å². The maximum Gasteiger partial charge on any atom is 0.233 e. The van der Waals surface area contributed by atoms with Crippen LogP contribution in [0.15, 0.2) is 88.8 Å². The quantitative estimate of drug-likeness (QED) is 0.0913. The molecule has 0 spiro atoms. The molecular formula is C36H31Br3O10. The number of aliphatic hydroxyl groups is 1. The molecule has 1 heterocycles. The molecule has 256 valence electrons. The number of benzene rings is 2. The number of ketones is 8. The lowest BCUT2D eigenvalue weighted by Gasteiger charge is -2.11. The summed E-state index contributed by atoms with van der Waals surface area (Å²) in [5.74, 6) is -2.15. The first-order valence-corrected chi connectivity index (χ1v) is 16.8. The van der Waals surface area contributed by atoms with Crippen molar-refractivity contribution < 1.29 is 47.9 Å². The Hall–Kier alpha value is -4.46. The standard InChI is InChI=1S/C14H8O4.C10H6O3.C4H6Br2O.C4H5BrO.C4H6O/c1-7(15)11-6-10-12(16)8-4-2-3-5-9(8)13(17)14(10)18-11;11-8-5-9(12)10(13)7-4-2-1-3-6(7)8;1-3(7)4(6)2-5;1-3(5)4(2)6;1-3-4(2)5/h2-6H,1H3;1-5,11H;4H,2H2,1H3;1H2,2H3;3H,1H2,2H3. The molecule has 1 aromatic heterocycles. The highest BCUT2D eigenvalue weighted by atomic mass is 79.9. The normalized spacial score (nSPS) is 12.4. The van der Waals surface area contributed by atoms with E-state index in [0.717, 1.165) is 6.08 Å². The molecule has 0 aliphatic heterocycles. The van der Waals surface area contributed by atoms with Crippen LogP contribution < -0.4 is 0 Å². The van der Waals surface area contributed by atoms with Crippen molar-refractivity contribution in [1.29, 1.82) is 0 Å². The number of carbonyl (C=O) groups is 8. The van der Waals surface area contributed by atoms with Crippen molar-refractivity contribution in [3.63, 3.8) is 0 Å². The fourth-order valence-electron chi connectivity index (χ4n) is 3.46. The highest BCUT2D eigenvalue weighted by molar-refractivity contribution is 9.12. The lowest BCUT2D eigenvalue weighted by molar-refractivity contribution is -0.116. The van der Waals surface area contributed by atoms with Gasteiger partial charge in [-0.25, -0.2) is 0 Å². The van der Waals surface area contributed by atoms with Crippen LogP contribution in [0, 0.1) is 0 Å². The average molecular weight is 863 g/mol. The van der Waals surface area contributed by atoms with E-state index in [4.69, 9.17) is 4.42 Å². The van der Waals surface area contributed by atoms with Gasteiger partial charge in [0, 0.05) is 40.6 Å². The number of halogens is 3. The minimum absolute atomic E-state index is 0.00694. The van der Waals surface area contributed by atoms with Crippen molar-refractivity contribution in [3.05, 3.63) is 124 Å². The Bertz CT molecular complexity index is 1800. The fraction of sp³-hybridized carbons (Fsp3) is 0.167. The van der Waals surface area contributed by atoms with Crippen LogP contribution in [0.2, 0.25) is 0 Å². The van der Waals surface area contributed by atoms with Crippen LogP contribution in [0.5, 0.6) is 0 Å². The van der Waals surface area contributed by atoms with Crippen LogP contribution in [0.1, 0.15) is 86.2 Å². The van der Waals surface area contributed by atoms with Gasteiger partial charge in [0.2, 0.25) is 17.3 Å². The molecule has 49 heavy (non-hydrogen) atoms. The molecule has 0 amide bonds. The van der Waals surface area contributed by atoms with Crippen LogP contribution in [0.3, 0.4) is 0 Å². The molecule has 2 aromatic carbocycles. The van der Waals surface area contributed by atoms with Crippen LogP contribution >= 0.6 is 47.8 Å². The van der Waals surface area contributed by atoms with Gasteiger partial charge in [0.15, 0.2) is 34.7 Å².